The molecule has 2 fully saturated rings. The Morgan fingerprint density at radius 2 is 1.92 bits per heavy atom. The van der Waals surface area contributed by atoms with Crippen LogP contribution in [0.25, 0.3) is 11.4 Å². The van der Waals surface area contributed by atoms with Gasteiger partial charge in [0.25, 0.3) is 5.69 Å². The summed E-state index contributed by atoms with van der Waals surface area (Å²) in [6, 6.07) is 6.22. The number of hydrogen-bond donors (Lipinski definition) is 0. The van der Waals surface area contributed by atoms with Crippen LogP contribution in [0.15, 0.2) is 28.8 Å². The first kappa shape index (κ1) is 16.2. The van der Waals surface area contributed by atoms with Gasteiger partial charge in [-0.15, -0.1) is 0 Å². The fraction of sp³-hybridized carbons (Fsp3) is 0.556. The lowest BCUT2D eigenvalue weighted by atomic mass is 9.75. The predicted molar refractivity (Wildman–Crippen MR) is 91.7 cm³/mol. The number of piperidine rings is 1. The molecule has 132 valence electrons. The molecule has 1 aromatic carbocycles. The second kappa shape index (κ2) is 6.92. The van der Waals surface area contributed by atoms with Crippen LogP contribution in [0.2, 0.25) is 0 Å². The molecule has 0 unspecified atom stereocenters. The molecule has 1 aromatic heterocycles. The van der Waals surface area contributed by atoms with Crippen LogP contribution in [0.4, 0.5) is 5.69 Å². The third-order valence-electron chi connectivity index (χ3n) is 5.54. The maximum atomic E-state index is 10.7. The Kier molecular flexibility index (Phi) is 4.48. The van der Waals surface area contributed by atoms with E-state index in [0.717, 1.165) is 30.5 Å². The van der Waals surface area contributed by atoms with E-state index in [0.29, 0.717) is 18.3 Å². The molecule has 0 radical (unpaired) electrons. The van der Waals surface area contributed by atoms with Crippen molar-refractivity contribution in [1.82, 2.24) is 15.0 Å². The Labute approximate surface area is 146 Å². The number of aromatic nitrogens is 2. The number of nitrogens with zero attached hydrogens (tertiary/aromatic N) is 4. The Balaban J connectivity index is 1.40. The first-order valence-electron chi connectivity index (χ1n) is 8.99. The molecule has 1 aliphatic carbocycles. The Morgan fingerprint density at radius 3 is 2.68 bits per heavy atom. The molecule has 2 aliphatic rings. The zero-order valence-corrected chi connectivity index (χ0v) is 14.1. The van der Waals surface area contributed by atoms with Gasteiger partial charge < -0.3 is 4.52 Å². The molecule has 1 saturated heterocycles. The zero-order valence-electron chi connectivity index (χ0n) is 14.1. The van der Waals surface area contributed by atoms with Crippen molar-refractivity contribution in [3.05, 3.63) is 40.3 Å². The van der Waals surface area contributed by atoms with Gasteiger partial charge in [-0.05, 0) is 43.4 Å². The van der Waals surface area contributed by atoms with Crippen molar-refractivity contribution in [3.63, 3.8) is 0 Å². The van der Waals surface area contributed by atoms with Crippen molar-refractivity contribution in [2.45, 2.75) is 38.6 Å². The molecule has 0 bridgehead atoms. The normalized spacial score (nSPS) is 24.0. The SMILES string of the molecule is O=[N+]([O-])c1ccc(-c2noc(CN3CC[C@@H]4CCCC[C@@H]4C3)n2)cc1. The van der Waals surface area contributed by atoms with Gasteiger partial charge in [0.2, 0.25) is 11.7 Å². The summed E-state index contributed by atoms with van der Waals surface area (Å²) in [4.78, 5) is 17.2. The average molecular weight is 342 g/mol. The molecule has 25 heavy (non-hydrogen) atoms. The number of benzene rings is 1. The molecule has 0 N–H and O–H groups in total. The number of rotatable bonds is 4. The number of fused-ring (bicyclic) bond motifs is 1. The molecule has 2 aromatic rings. The number of hydrogen-bond acceptors (Lipinski definition) is 6. The highest BCUT2D eigenvalue weighted by molar-refractivity contribution is 5.56. The lowest BCUT2D eigenvalue weighted by Crippen LogP contribution is -2.41. The fourth-order valence-electron chi connectivity index (χ4n) is 4.18. The van der Waals surface area contributed by atoms with Crippen LogP contribution in [-0.2, 0) is 6.54 Å². The van der Waals surface area contributed by atoms with E-state index >= 15 is 0 Å². The minimum absolute atomic E-state index is 0.0582. The van der Waals surface area contributed by atoms with Crippen LogP contribution in [-0.4, -0.2) is 33.1 Å². The van der Waals surface area contributed by atoms with Crippen LogP contribution in [0, 0.1) is 22.0 Å². The third kappa shape index (κ3) is 3.56. The second-order valence-corrected chi connectivity index (χ2v) is 7.14. The van der Waals surface area contributed by atoms with Crippen molar-refractivity contribution in [2.24, 2.45) is 11.8 Å². The van der Waals surface area contributed by atoms with Crippen LogP contribution < -0.4 is 0 Å². The van der Waals surface area contributed by atoms with Crippen molar-refractivity contribution in [1.29, 1.82) is 0 Å². The maximum absolute atomic E-state index is 10.7. The molecule has 4 rings (SSSR count). The van der Waals surface area contributed by atoms with Crippen LogP contribution in [0.3, 0.4) is 0 Å². The summed E-state index contributed by atoms with van der Waals surface area (Å²) in [6.45, 7) is 2.90. The Hall–Kier alpha value is -2.28. The minimum atomic E-state index is -0.416. The fourth-order valence-corrected chi connectivity index (χ4v) is 4.18. The highest BCUT2D eigenvalue weighted by atomic mass is 16.6. The summed E-state index contributed by atoms with van der Waals surface area (Å²) < 4.78 is 5.40. The number of nitro benzene ring substituents is 1. The third-order valence-corrected chi connectivity index (χ3v) is 5.54. The van der Waals surface area contributed by atoms with Crippen LogP contribution in [0.5, 0.6) is 0 Å². The highest BCUT2D eigenvalue weighted by Crippen LogP contribution is 2.36. The zero-order chi connectivity index (χ0) is 17.2. The molecule has 1 aliphatic heterocycles. The summed E-state index contributed by atoms with van der Waals surface area (Å²) >= 11 is 0. The van der Waals surface area contributed by atoms with E-state index in [1.54, 1.807) is 12.1 Å². The highest BCUT2D eigenvalue weighted by Gasteiger charge is 2.31. The number of likely N-dealkylation sites (tertiary alicyclic amines) is 1. The van der Waals surface area contributed by atoms with Gasteiger partial charge in [0.05, 0.1) is 11.5 Å². The van der Waals surface area contributed by atoms with Crippen molar-refractivity contribution >= 4 is 5.69 Å². The van der Waals surface area contributed by atoms with Gasteiger partial charge in [0, 0.05) is 24.2 Å². The van der Waals surface area contributed by atoms with E-state index in [-0.39, 0.29) is 5.69 Å². The lowest BCUT2D eigenvalue weighted by Gasteiger charge is -2.40. The monoisotopic (exact) mass is 342 g/mol. The molecular formula is C18H22N4O3. The Bertz CT molecular complexity index is 743. The van der Waals surface area contributed by atoms with Gasteiger partial charge in [-0.25, -0.2) is 0 Å². The molecule has 2 heterocycles. The topological polar surface area (TPSA) is 85.3 Å². The van der Waals surface area contributed by atoms with E-state index in [1.807, 2.05) is 0 Å². The minimum Gasteiger partial charge on any atom is -0.338 e. The van der Waals surface area contributed by atoms with Gasteiger partial charge in [-0.1, -0.05) is 24.4 Å². The molecule has 1 saturated carbocycles. The smallest absolute Gasteiger partial charge is 0.269 e. The summed E-state index contributed by atoms with van der Waals surface area (Å²) in [5.41, 5.74) is 0.786. The number of nitro groups is 1. The van der Waals surface area contributed by atoms with Gasteiger partial charge in [-0.2, -0.15) is 4.98 Å². The van der Waals surface area contributed by atoms with Gasteiger partial charge in [0.15, 0.2) is 0 Å². The second-order valence-electron chi connectivity index (χ2n) is 7.14. The van der Waals surface area contributed by atoms with Crippen LogP contribution >= 0.6 is 0 Å². The van der Waals surface area contributed by atoms with Crippen molar-refractivity contribution < 1.29 is 9.45 Å². The molecule has 7 nitrogen and oxygen atoms in total. The van der Waals surface area contributed by atoms with E-state index in [9.17, 15) is 10.1 Å². The predicted octanol–water partition coefficient (Wildman–Crippen LogP) is 3.66. The van der Waals surface area contributed by atoms with Gasteiger partial charge >= 0.3 is 0 Å². The Morgan fingerprint density at radius 1 is 1.16 bits per heavy atom. The van der Waals surface area contributed by atoms with Gasteiger partial charge in [-0.3, -0.25) is 15.0 Å². The maximum Gasteiger partial charge on any atom is 0.269 e. The average Bonchev–Trinajstić information content (AvgIpc) is 3.10. The molecule has 0 spiro atoms. The van der Waals surface area contributed by atoms with E-state index < -0.39 is 4.92 Å². The summed E-state index contributed by atoms with van der Waals surface area (Å²) in [6.07, 6.45) is 6.76. The summed E-state index contributed by atoms with van der Waals surface area (Å²) in [5.74, 6) is 2.82. The molecule has 0 amide bonds. The first-order chi connectivity index (χ1) is 12.2. The largest absolute Gasteiger partial charge is 0.338 e. The van der Waals surface area contributed by atoms with Crippen molar-refractivity contribution in [2.75, 3.05) is 13.1 Å². The van der Waals surface area contributed by atoms with E-state index in [1.165, 1.54) is 44.2 Å². The lowest BCUT2D eigenvalue weighted by molar-refractivity contribution is -0.384. The summed E-state index contributed by atoms with van der Waals surface area (Å²) in [5, 5.41) is 14.8. The molecule has 7 heteroatoms. The number of non-ortho nitro benzene ring substituents is 1. The van der Waals surface area contributed by atoms with Crippen molar-refractivity contribution in [3.8, 4) is 11.4 Å². The standard InChI is InChI=1S/C18H22N4O3/c23-22(24)16-7-5-14(6-8-16)18-19-17(25-20-18)12-21-10-9-13-3-1-2-4-15(13)11-21/h5-8,13,15H,1-4,9-12H2/t13-,15+/m0/s1. The van der Waals surface area contributed by atoms with E-state index in [4.69, 9.17) is 4.52 Å². The van der Waals surface area contributed by atoms with Crippen LogP contribution in [0.1, 0.15) is 38.0 Å². The quantitative estimate of drug-likeness (QED) is 0.623. The van der Waals surface area contributed by atoms with E-state index in [2.05, 4.69) is 15.0 Å². The molecular weight excluding hydrogens is 320 g/mol. The summed E-state index contributed by atoms with van der Waals surface area (Å²) in [7, 11) is 0. The molecule has 2 atom stereocenters. The first-order valence-corrected chi connectivity index (χ1v) is 8.99. The van der Waals surface area contributed by atoms with Gasteiger partial charge in [0.1, 0.15) is 0 Å².